The third-order valence-electron chi connectivity index (χ3n) is 3.01. The molecule has 1 rings (SSSR count). The molecule has 0 N–H and O–H groups in total. The lowest BCUT2D eigenvalue weighted by Gasteiger charge is -2.23. The molecule has 21 heavy (non-hydrogen) atoms. The van der Waals surface area contributed by atoms with Crippen molar-refractivity contribution in [1.82, 2.24) is 4.90 Å². The van der Waals surface area contributed by atoms with Crippen LogP contribution in [-0.4, -0.2) is 42.7 Å². The summed E-state index contributed by atoms with van der Waals surface area (Å²) in [5, 5.41) is 0. The molecule has 0 saturated carbocycles. The fraction of sp³-hybridized carbons (Fsp3) is 0.467. The summed E-state index contributed by atoms with van der Waals surface area (Å²) in [6.07, 6.45) is 0. The average molecular weight is 374 g/mol. The number of amides is 1. The summed E-state index contributed by atoms with van der Waals surface area (Å²) < 4.78 is 5.71. The molecule has 6 heteroatoms. The quantitative estimate of drug-likeness (QED) is 0.543. The third-order valence-corrected chi connectivity index (χ3v) is 4.53. The van der Waals surface area contributed by atoms with Crippen LogP contribution in [0.5, 0.6) is 0 Å². The van der Waals surface area contributed by atoms with Crippen LogP contribution in [0.15, 0.2) is 33.6 Å². The van der Waals surface area contributed by atoms with Crippen LogP contribution in [0.25, 0.3) is 0 Å². The van der Waals surface area contributed by atoms with Crippen LogP contribution in [0.2, 0.25) is 0 Å². The van der Waals surface area contributed by atoms with E-state index in [0.717, 1.165) is 9.37 Å². The summed E-state index contributed by atoms with van der Waals surface area (Å²) in [6.45, 7) is 4.65. The molecule has 1 amide bonds. The smallest absolute Gasteiger partial charge is 0.310 e. The summed E-state index contributed by atoms with van der Waals surface area (Å²) in [4.78, 5) is 26.4. The Morgan fingerprint density at radius 2 is 1.95 bits per heavy atom. The Morgan fingerprint density at radius 3 is 2.48 bits per heavy atom. The number of carbonyl (C=O) groups is 2. The molecule has 1 unspecified atom stereocenters. The van der Waals surface area contributed by atoms with Gasteiger partial charge in [0.15, 0.2) is 0 Å². The summed E-state index contributed by atoms with van der Waals surface area (Å²) in [5.74, 6) is -0.205. The number of ether oxygens (including phenoxy) is 1. The van der Waals surface area contributed by atoms with Gasteiger partial charge in [0.2, 0.25) is 5.91 Å². The molecule has 1 aromatic carbocycles. The van der Waals surface area contributed by atoms with E-state index in [1.165, 1.54) is 18.9 Å². The summed E-state index contributed by atoms with van der Waals surface area (Å²) in [5.41, 5.74) is 0. The Labute approximate surface area is 138 Å². The van der Waals surface area contributed by atoms with Crippen molar-refractivity contribution in [2.45, 2.75) is 18.7 Å². The Bertz CT molecular complexity index is 478. The number of thioether (sulfide) groups is 1. The van der Waals surface area contributed by atoms with Crippen LogP contribution in [0.3, 0.4) is 0 Å². The molecule has 0 heterocycles. The number of esters is 1. The Kier molecular flexibility index (Phi) is 7.82. The standard InChI is InChI=1S/C15H20BrNO3S/c1-4-17(9-11(2)15(19)20-3)14(18)10-21-13-7-5-12(16)6-8-13/h5-8,11H,4,9-10H2,1-3H3. The topological polar surface area (TPSA) is 46.6 Å². The van der Waals surface area contributed by atoms with Crippen molar-refractivity contribution in [2.24, 2.45) is 5.92 Å². The third kappa shape index (κ3) is 6.09. The van der Waals surface area contributed by atoms with Gasteiger partial charge in [0.25, 0.3) is 0 Å². The van der Waals surface area contributed by atoms with Crippen molar-refractivity contribution in [3.8, 4) is 0 Å². The fourth-order valence-electron chi connectivity index (χ4n) is 1.78. The number of halogens is 1. The number of carbonyl (C=O) groups excluding carboxylic acids is 2. The highest BCUT2D eigenvalue weighted by molar-refractivity contribution is 9.10. The maximum Gasteiger partial charge on any atom is 0.310 e. The second kappa shape index (κ2) is 9.10. The molecule has 1 atom stereocenters. The van der Waals surface area contributed by atoms with E-state index in [0.29, 0.717) is 18.8 Å². The van der Waals surface area contributed by atoms with Gasteiger partial charge in [0.1, 0.15) is 0 Å². The zero-order chi connectivity index (χ0) is 15.8. The van der Waals surface area contributed by atoms with Crippen molar-refractivity contribution in [3.63, 3.8) is 0 Å². The average Bonchev–Trinajstić information content (AvgIpc) is 2.50. The maximum atomic E-state index is 12.2. The molecule has 0 spiro atoms. The molecule has 0 aromatic heterocycles. The molecule has 0 radical (unpaired) electrons. The van der Waals surface area contributed by atoms with Gasteiger partial charge >= 0.3 is 5.97 Å². The van der Waals surface area contributed by atoms with E-state index in [2.05, 4.69) is 15.9 Å². The molecule has 0 bridgehead atoms. The molecule has 4 nitrogen and oxygen atoms in total. The second-order valence-corrected chi connectivity index (χ2v) is 6.56. The van der Waals surface area contributed by atoms with E-state index in [9.17, 15) is 9.59 Å². The Hall–Kier alpha value is -1.01. The Balaban J connectivity index is 2.51. The molecular weight excluding hydrogens is 354 g/mol. The molecule has 0 aliphatic carbocycles. The number of hydrogen-bond donors (Lipinski definition) is 0. The van der Waals surface area contributed by atoms with E-state index in [4.69, 9.17) is 4.74 Å². The van der Waals surface area contributed by atoms with Crippen molar-refractivity contribution in [2.75, 3.05) is 26.0 Å². The van der Waals surface area contributed by atoms with Crippen LogP contribution in [-0.2, 0) is 14.3 Å². The zero-order valence-electron chi connectivity index (χ0n) is 12.5. The number of hydrogen-bond acceptors (Lipinski definition) is 4. The van der Waals surface area contributed by atoms with E-state index >= 15 is 0 Å². The lowest BCUT2D eigenvalue weighted by atomic mass is 10.1. The molecule has 0 fully saturated rings. The van der Waals surface area contributed by atoms with Crippen LogP contribution in [0, 0.1) is 5.92 Å². The highest BCUT2D eigenvalue weighted by Crippen LogP contribution is 2.21. The summed E-state index contributed by atoms with van der Waals surface area (Å²) in [6, 6.07) is 7.83. The molecular formula is C15H20BrNO3S. The normalized spacial score (nSPS) is 11.8. The number of rotatable bonds is 7. The number of methoxy groups -OCH3 is 1. The van der Waals surface area contributed by atoms with Gasteiger partial charge in [-0.15, -0.1) is 11.8 Å². The van der Waals surface area contributed by atoms with E-state index in [1.54, 1.807) is 11.8 Å². The fourth-order valence-corrected chi connectivity index (χ4v) is 2.85. The summed E-state index contributed by atoms with van der Waals surface area (Å²) in [7, 11) is 1.36. The highest BCUT2D eigenvalue weighted by Gasteiger charge is 2.20. The zero-order valence-corrected chi connectivity index (χ0v) is 14.9. The first-order chi connectivity index (χ1) is 9.97. The van der Waals surface area contributed by atoms with Crippen LogP contribution in [0.1, 0.15) is 13.8 Å². The lowest BCUT2D eigenvalue weighted by Crippen LogP contribution is -2.38. The van der Waals surface area contributed by atoms with Gasteiger partial charge in [0.05, 0.1) is 18.8 Å². The van der Waals surface area contributed by atoms with Crippen molar-refractivity contribution in [1.29, 1.82) is 0 Å². The van der Waals surface area contributed by atoms with Gasteiger partial charge in [-0.3, -0.25) is 9.59 Å². The van der Waals surface area contributed by atoms with Gasteiger partial charge in [-0.05, 0) is 31.2 Å². The largest absolute Gasteiger partial charge is 0.469 e. The molecule has 0 saturated heterocycles. The molecule has 116 valence electrons. The van der Waals surface area contributed by atoms with E-state index < -0.39 is 0 Å². The minimum absolute atomic E-state index is 0.0289. The first-order valence-electron chi connectivity index (χ1n) is 6.71. The molecule has 0 aliphatic rings. The predicted octanol–water partition coefficient (Wildman–Crippen LogP) is 3.20. The minimum Gasteiger partial charge on any atom is -0.469 e. The number of nitrogens with zero attached hydrogens (tertiary/aromatic N) is 1. The van der Waals surface area contributed by atoms with Gasteiger partial charge in [-0.2, -0.15) is 0 Å². The van der Waals surface area contributed by atoms with E-state index in [1.807, 2.05) is 31.2 Å². The van der Waals surface area contributed by atoms with Crippen molar-refractivity contribution < 1.29 is 14.3 Å². The monoisotopic (exact) mass is 373 g/mol. The highest BCUT2D eigenvalue weighted by atomic mass is 79.9. The van der Waals surface area contributed by atoms with E-state index in [-0.39, 0.29) is 17.8 Å². The minimum atomic E-state index is -0.309. The van der Waals surface area contributed by atoms with Crippen LogP contribution >= 0.6 is 27.7 Å². The summed E-state index contributed by atoms with van der Waals surface area (Å²) >= 11 is 4.87. The first-order valence-corrected chi connectivity index (χ1v) is 8.49. The van der Waals surface area contributed by atoms with Crippen molar-refractivity contribution in [3.05, 3.63) is 28.7 Å². The van der Waals surface area contributed by atoms with Gasteiger partial charge in [-0.25, -0.2) is 0 Å². The molecule has 0 aliphatic heterocycles. The SMILES string of the molecule is CCN(CC(C)C(=O)OC)C(=O)CSc1ccc(Br)cc1. The van der Waals surface area contributed by atoms with Crippen LogP contribution in [0.4, 0.5) is 0 Å². The van der Waals surface area contributed by atoms with Crippen LogP contribution < -0.4 is 0 Å². The first kappa shape index (κ1) is 18.0. The maximum absolute atomic E-state index is 12.2. The van der Waals surface area contributed by atoms with Gasteiger partial charge in [-0.1, -0.05) is 22.9 Å². The Morgan fingerprint density at radius 1 is 1.33 bits per heavy atom. The lowest BCUT2D eigenvalue weighted by molar-refractivity contribution is -0.146. The number of benzene rings is 1. The second-order valence-electron chi connectivity index (χ2n) is 4.60. The van der Waals surface area contributed by atoms with Gasteiger partial charge < -0.3 is 9.64 Å². The van der Waals surface area contributed by atoms with Crippen molar-refractivity contribution >= 4 is 39.6 Å². The molecule has 1 aromatic rings. The predicted molar refractivity (Wildman–Crippen MR) is 88.3 cm³/mol. The van der Waals surface area contributed by atoms with Gasteiger partial charge in [0, 0.05) is 22.5 Å².